The summed E-state index contributed by atoms with van der Waals surface area (Å²) in [6.07, 6.45) is 6.71. The molecule has 0 atom stereocenters. The Kier molecular flexibility index (Phi) is 5.90. The maximum Gasteiger partial charge on any atom is 0.315 e. The number of primary amides is 1. The van der Waals surface area contributed by atoms with Crippen molar-refractivity contribution in [2.75, 3.05) is 13.2 Å². The normalized spacial score (nSPS) is 15.7. The number of nitrogens with two attached hydrogens (primary N) is 1. The Morgan fingerprint density at radius 2 is 1.90 bits per heavy atom. The molecule has 0 aromatic heterocycles. The third-order valence-corrected chi connectivity index (χ3v) is 4.17. The number of nitrogens with zero attached hydrogens (tertiary/aromatic N) is 1. The van der Waals surface area contributed by atoms with Crippen LogP contribution in [0, 0.1) is 0 Å². The van der Waals surface area contributed by atoms with Crippen LogP contribution in [-0.4, -0.2) is 30.1 Å². The third-order valence-electron chi connectivity index (χ3n) is 4.17. The van der Waals surface area contributed by atoms with Gasteiger partial charge in [0.2, 0.25) is 0 Å². The van der Waals surface area contributed by atoms with Gasteiger partial charge in [-0.1, -0.05) is 31.4 Å². The molecule has 1 saturated carbocycles. The van der Waals surface area contributed by atoms with E-state index >= 15 is 0 Å². The molecule has 1 aromatic rings. The molecule has 2 rings (SSSR count). The molecule has 1 aliphatic carbocycles. The fourth-order valence-electron chi connectivity index (χ4n) is 3.03. The fourth-order valence-corrected chi connectivity index (χ4v) is 3.03. The van der Waals surface area contributed by atoms with Crippen molar-refractivity contribution in [1.29, 1.82) is 0 Å². The average Bonchev–Trinajstić information content (AvgIpc) is 2.50. The first kappa shape index (κ1) is 15.7. The summed E-state index contributed by atoms with van der Waals surface area (Å²) in [7, 11) is 0. The van der Waals surface area contributed by atoms with E-state index in [0.29, 0.717) is 19.2 Å². The first-order chi connectivity index (χ1) is 10.2. The molecule has 116 valence electrons. The first-order valence-corrected chi connectivity index (χ1v) is 7.98. The molecule has 1 aromatic carbocycles. The highest BCUT2D eigenvalue weighted by Gasteiger charge is 2.23. The lowest BCUT2D eigenvalue weighted by Gasteiger charge is -2.33. The number of ether oxygens (including phenoxy) is 1. The van der Waals surface area contributed by atoms with Gasteiger partial charge in [-0.15, -0.1) is 0 Å². The minimum absolute atomic E-state index is 0.284. The summed E-state index contributed by atoms with van der Waals surface area (Å²) in [6, 6.07) is 8.13. The highest BCUT2D eigenvalue weighted by atomic mass is 16.5. The van der Waals surface area contributed by atoms with Crippen LogP contribution < -0.4 is 10.5 Å². The summed E-state index contributed by atoms with van der Waals surface area (Å²) in [4.78, 5) is 13.5. The maximum atomic E-state index is 11.7. The summed E-state index contributed by atoms with van der Waals surface area (Å²) in [5, 5.41) is 0. The van der Waals surface area contributed by atoms with Crippen LogP contribution in [0.4, 0.5) is 4.79 Å². The van der Waals surface area contributed by atoms with Gasteiger partial charge >= 0.3 is 6.03 Å². The lowest BCUT2D eigenvalue weighted by atomic mass is 9.94. The van der Waals surface area contributed by atoms with Crippen molar-refractivity contribution in [2.45, 2.75) is 51.5 Å². The van der Waals surface area contributed by atoms with E-state index in [9.17, 15) is 4.79 Å². The first-order valence-electron chi connectivity index (χ1n) is 7.98. The van der Waals surface area contributed by atoms with Gasteiger partial charge in [0.1, 0.15) is 5.75 Å². The number of urea groups is 1. The van der Waals surface area contributed by atoms with Crippen molar-refractivity contribution >= 4 is 6.03 Å². The van der Waals surface area contributed by atoms with Gasteiger partial charge in [-0.3, -0.25) is 0 Å². The SMILES string of the molecule is CCOc1ccc(CCN(C(N)=O)C2CCCCC2)cc1. The van der Waals surface area contributed by atoms with E-state index in [4.69, 9.17) is 10.5 Å². The number of hydrogen-bond donors (Lipinski definition) is 1. The Labute approximate surface area is 127 Å². The van der Waals surface area contributed by atoms with Crippen LogP contribution in [0.1, 0.15) is 44.6 Å². The molecule has 0 bridgehead atoms. The summed E-state index contributed by atoms with van der Waals surface area (Å²) in [6.45, 7) is 3.35. The minimum atomic E-state index is -0.284. The van der Waals surface area contributed by atoms with Gasteiger partial charge in [0.25, 0.3) is 0 Å². The Morgan fingerprint density at radius 1 is 1.24 bits per heavy atom. The van der Waals surface area contributed by atoms with Crippen molar-refractivity contribution in [3.63, 3.8) is 0 Å². The molecule has 0 radical (unpaired) electrons. The summed E-state index contributed by atoms with van der Waals surface area (Å²) in [5.74, 6) is 0.889. The second kappa shape index (κ2) is 7.91. The molecule has 0 spiro atoms. The molecule has 1 fully saturated rings. The fraction of sp³-hybridized carbons (Fsp3) is 0.588. The minimum Gasteiger partial charge on any atom is -0.494 e. The van der Waals surface area contributed by atoms with E-state index in [1.165, 1.54) is 24.8 Å². The molecule has 2 N–H and O–H groups in total. The average molecular weight is 290 g/mol. The Morgan fingerprint density at radius 3 is 2.48 bits per heavy atom. The van der Waals surface area contributed by atoms with Crippen LogP contribution >= 0.6 is 0 Å². The Hall–Kier alpha value is -1.71. The molecule has 0 heterocycles. The quantitative estimate of drug-likeness (QED) is 0.873. The van der Waals surface area contributed by atoms with Crippen molar-refractivity contribution in [1.82, 2.24) is 4.90 Å². The van der Waals surface area contributed by atoms with Gasteiger partial charge in [-0.25, -0.2) is 4.79 Å². The van der Waals surface area contributed by atoms with Crippen LogP contribution in [0.3, 0.4) is 0 Å². The zero-order valence-electron chi connectivity index (χ0n) is 12.9. The van der Waals surface area contributed by atoms with Crippen molar-refractivity contribution in [3.05, 3.63) is 29.8 Å². The van der Waals surface area contributed by atoms with Crippen LogP contribution in [-0.2, 0) is 6.42 Å². The van der Waals surface area contributed by atoms with E-state index in [1.54, 1.807) is 0 Å². The van der Waals surface area contributed by atoms with Gasteiger partial charge in [0, 0.05) is 12.6 Å². The molecule has 1 aliphatic rings. The van der Waals surface area contributed by atoms with Gasteiger partial charge < -0.3 is 15.4 Å². The van der Waals surface area contributed by atoms with E-state index in [2.05, 4.69) is 12.1 Å². The third kappa shape index (κ3) is 4.66. The number of carbonyl (C=O) groups excluding carboxylic acids is 1. The summed E-state index contributed by atoms with van der Waals surface area (Å²) in [5.41, 5.74) is 6.77. The molecule has 2 amide bonds. The van der Waals surface area contributed by atoms with Gasteiger partial charge in [-0.05, 0) is 43.9 Å². The standard InChI is InChI=1S/C17H26N2O2/c1-2-21-16-10-8-14(9-11-16)12-13-19(17(18)20)15-6-4-3-5-7-15/h8-11,15H,2-7,12-13H2,1H3,(H2,18,20). The van der Waals surface area contributed by atoms with Crippen LogP contribution in [0.2, 0.25) is 0 Å². The predicted octanol–water partition coefficient (Wildman–Crippen LogP) is 3.34. The van der Waals surface area contributed by atoms with Crippen molar-refractivity contribution in [3.8, 4) is 5.75 Å². The lowest BCUT2D eigenvalue weighted by molar-refractivity contribution is 0.164. The number of hydrogen-bond acceptors (Lipinski definition) is 2. The Bertz CT molecular complexity index is 439. The molecule has 21 heavy (non-hydrogen) atoms. The largest absolute Gasteiger partial charge is 0.494 e. The number of benzene rings is 1. The monoisotopic (exact) mass is 290 g/mol. The van der Waals surface area contributed by atoms with Gasteiger partial charge in [-0.2, -0.15) is 0 Å². The zero-order chi connectivity index (χ0) is 15.1. The smallest absolute Gasteiger partial charge is 0.315 e. The topological polar surface area (TPSA) is 55.6 Å². The summed E-state index contributed by atoms with van der Waals surface area (Å²) < 4.78 is 5.44. The number of carbonyl (C=O) groups is 1. The van der Waals surface area contributed by atoms with Crippen molar-refractivity contribution in [2.24, 2.45) is 5.73 Å². The van der Waals surface area contributed by atoms with Crippen molar-refractivity contribution < 1.29 is 9.53 Å². The second-order valence-corrected chi connectivity index (χ2v) is 5.65. The Balaban J connectivity index is 1.90. The highest BCUT2D eigenvalue weighted by molar-refractivity contribution is 5.72. The van der Waals surface area contributed by atoms with Crippen LogP contribution in [0.25, 0.3) is 0 Å². The van der Waals surface area contributed by atoms with Crippen LogP contribution in [0.5, 0.6) is 5.75 Å². The second-order valence-electron chi connectivity index (χ2n) is 5.65. The van der Waals surface area contributed by atoms with Crippen LogP contribution in [0.15, 0.2) is 24.3 Å². The molecule has 0 aliphatic heterocycles. The van der Waals surface area contributed by atoms with Gasteiger partial charge in [0.15, 0.2) is 0 Å². The van der Waals surface area contributed by atoms with E-state index in [1.807, 2.05) is 24.0 Å². The lowest BCUT2D eigenvalue weighted by Crippen LogP contribution is -2.45. The van der Waals surface area contributed by atoms with Gasteiger partial charge in [0.05, 0.1) is 6.61 Å². The van der Waals surface area contributed by atoms with E-state index in [0.717, 1.165) is 25.0 Å². The molecule has 4 nitrogen and oxygen atoms in total. The maximum absolute atomic E-state index is 11.7. The molecular formula is C17H26N2O2. The van der Waals surface area contributed by atoms with E-state index in [-0.39, 0.29) is 6.03 Å². The highest BCUT2D eigenvalue weighted by Crippen LogP contribution is 2.23. The van der Waals surface area contributed by atoms with E-state index < -0.39 is 0 Å². The molecule has 0 saturated heterocycles. The molecule has 4 heteroatoms. The predicted molar refractivity (Wildman–Crippen MR) is 84.5 cm³/mol. The summed E-state index contributed by atoms with van der Waals surface area (Å²) >= 11 is 0. The molecular weight excluding hydrogens is 264 g/mol. The zero-order valence-corrected chi connectivity index (χ0v) is 12.9. The number of rotatable bonds is 6. The molecule has 0 unspecified atom stereocenters. The number of amides is 2.